The highest BCUT2D eigenvalue weighted by molar-refractivity contribution is 7.99. The maximum absolute atomic E-state index is 12.4. The van der Waals surface area contributed by atoms with Crippen LogP contribution in [-0.2, 0) is 22.4 Å². The van der Waals surface area contributed by atoms with Crippen molar-refractivity contribution in [3.63, 3.8) is 0 Å². The number of nitrogens with one attached hydrogen (secondary N) is 1. The van der Waals surface area contributed by atoms with E-state index in [4.69, 9.17) is 9.15 Å². The Balaban J connectivity index is 1.41. The summed E-state index contributed by atoms with van der Waals surface area (Å²) in [5.74, 6) is -0.139. The first-order chi connectivity index (χ1) is 14.0. The lowest BCUT2D eigenvalue weighted by Crippen LogP contribution is -2.16. The Morgan fingerprint density at radius 3 is 2.97 bits per heavy atom. The number of hydrogen-bond acceptors (Lipinski definition) is 8. The molecule has 1 aromatic carbocycles. The third-order valence-electron chi connectivity index (χ3n) is 4.56. The number of methoxy groups -OCH3 is 1. The van der Waals surface area contributed by atoms with E-state index in [1.54, 1.807) is 0 Å². The second-order valence-electron chi connectivity index (χ2n) is 6.63. The van der Waals surface area contributed by atoms with Gasteiger partial charge < -0.3 is 14.5 Å². The van der Waals surface area contributed by atoms with E-state index in [1.165, 1.54) is 18.4 Å². The molecule has 1 amide bonds. The number of aryl methyl sites for hydroxylation is 2. The third-order valence-corrected chi connectivity index (χ3v) is 6.59. The van der Waals surface area contributed by atoms with Crippen LogP contribution in [0.3, 0.4) is 0 Å². The number of thioether (sulfide) groups is 1. The average Bonchev–Trinajstić information content (AvgIpc) is 3.42. The van der Waals surface area contributed by atoms with Crippen LogP contribution in [0.15, 0.2) is 33.9 Å². The highest BCUT2D eigenvalue weighted by Crippen LogP contribution is 2.39. The Labute approximate surface area is 175 Å². The monoisotopic (exact) mass is 429 g/mol. The Hall–Kier alpha value is -2.65. The summed E-state index contributed by atoms with van der Waals surface area (Å²) in [7, 11) is 1.35. The highest BCUT2D eigenvalue weighted by atomic mass is 32.2. The standard InChI is InChI=1S/C20H19N3O4S2/c1-11-5-3-6-12(9-11)17-22-23-20(27-17)28-10-15(24)21-18-16(19(25)26-2)13-7-4-8-14(13)29-18/h3,5-6,9H,4,7-8,10H2,1-2H3,(H,21,24). The molecule has 1 N–H and O–H groups in total. The number of benzene rings is 1. The summed E-state index contributed by atoms with van der Waals surface area (Å²) in [6, 6.07) is 7.76. The largest absolute Gasteiger partial charge is 0.465 e. The Bertz CT molecular complexity index is 1070. The SMILES string of the molecule is COC(=O)c1c(NC(=O)CSc2nnc(-c3cccc(C)c3)o2)sc2c1CCC2. The molecule has 0 aliphatic heterocycles. The van der Waals surface area contributed by atoms with Gasteiger partial charge >= 0.3 is 5.97 Å². The molecule has 3 aromatic rings. The van der Waals surface area contributed by atoms with E-state index in [9.17, 15) is 9.59 Å². The first-order valence-corrected chi connectivity index (χ1v) is 10.9. The number of nitrogens with zero attached hydrogens (tertiary/aromatic N) is 2. The zero-order valence-electron chi connectivity index (χ0n) is 16.0. The van der Waals surface area contributed by atoms with E-state index in [1.807, 2.05) is 31.2 Å². The number of fused-ring (bicyclic) bond motifs is 1. The number of ether oxygens (including phenoxy) is 1. The molecule has 0 atom stereocenters. The molecule has 1 aliphatic carbocycles. The third kappa shape index (κ3) is 4.20. The minimum absolute atomic E-state index is 0.0959. The molecule has 1 aliphatic rings. The number of anilines is 1. The highest BCUT2D eigenvalue weighted by Gasteiger charge is 2.28. The van der Waals surface area contributed by atoms with Crippen LogP contribution in [0.4, 0.5) is 5.00 Å². The molecular formula is C20H19N3O4S2. The number of rotatable bonds is 6. The Morgan fingerprint density at radius 1 is 1.31 bits per heavy atom. The van der Waals surface area contributed by atoms with Gasteiger partial charge in [0.15, 0.2) is 0 Å². The molecule has 150 valence electrons. The number of esters is 1. The molecule has 0 saturated carbocycles. The molecule has 9 heteroatoms. The normalized spacial score (nSPS) is 12.6. The van der Waals surface area contributed by atoms with E-state index in [0.29, 0.717) is 21.7 Å². The molecule has 0 spiro atoms. The van der Waals surface area contributed by atoms with Crippen molar-refractivity contribution >= 4 is 40.0 Å². The van der Waals surface area contributed by atoms with Crippen LogP contribution in [0.25, 0.3) is 11.5 Å². The van der Waals surface area contributed by atoms with Crippen LogP contribution < -0.4 is 5.32 Å². The quantitative estimate of drug-likeness (QED) is 0.465. The Kier molecular flexibility index (Phi) is 5.68. The predicted molar refractivity (Wildman–Crippen MR) is 112 cm³/mol. The summed E-state index contributed by atoms with van der Waals surface area (Å²) in [4.78, 5) is 25.7. The van der Waals surface area contributed by atoms with Crippen LogP contribution in [0, 0.1) is 6.92 Å². The summed E-state index contributed by atoms with van der Waals surface area (Å²) < 4.78 is 10.5. The smallest absolute Gasteiger partial charge is 0.341 e. The van der Waals surface area contributed by atoms with Gasteiger partial charge in [0, 0.05) is 10.4 Å². The van der Waals surface area contributed by atoms with Gasteiger partial charge in [-0.3, -0.25) is 4.79 Å². The van der Waals surface area contributed by atoms with Gasteiger partial charge in [0.1, 0.15) is 5.00 Å². The van der Waals surface area contributed by atoms with Crippen molar-refractivity contribution in [2.75, 3.05) is 18.2 Å². The lowest BCUT2D eigenvalue weighted by molar-refractivity contribution is -0.113. The molecule has 2 aromatic heterocycles. The number of aromatic nitrogens is 2. The van der Waals surface area contributed by atoms with Crippen LogP contribution in [0.1, 0.15) is 32.8 Å². The van der Waals surface area contributed by atoms with Crippen LogP contribution in [0.5, 0.6) is 0 Å². The van der Waals surface area contributed by atoms with Gasteiger partial charge in [-0.05, 0) is 43.9 Å². The van der Waals surface area contributed by atoms with Crippen molar-refractivity contribution in [1.82, 2.24) is 10.2 Å². The van der Waals surface area contributed by atoms with Gasteiger partial charge in [-0.1, -0.05) is 29.5 Å². The van der Waals surface area contributed by atoms with Gasteiger partial charge in [-0.25, -0.2) is 4.79 Å². The van der Waals surface area contributed by atoms with Gasteiger partial charge in [-0.15, -0.1) is 21.5 Å². The molecular weight excluding hydrogens is 410 g/mol. The fourth-order valence-electron chi connectivity index (χ4n) is 3.26. The summed E-state index contributed by atoms with van der Waals surface area (Å²) >= 11 is 2.61. The number of carbonyl (C=O) groups excluding carboxylic acids is 2. The predicted octanol–water partition coefficient (Wildman–Crippen LogP) is 4.11. The molecule has 0 fully saturated rings. The van der Waals surface area contributed by atoms with Crippen LogP contribution in [-0.4, -0.2) is 34.9 Å². The van der Waals surface area contributed by atoms with Gasteiger partial charge in [0.05, 0.1) is 18.4 Å². The molecule has 0 saturated heterocycles. The van der Waals surface area contributed by atoms with Gasteiger partial charge in [0.25, 0.3) is 5.22 Å². The molecule has 7 nitrogen and oxygen atoms in total. The van der Waals surface area contributed by atoms with Crippen molar-refractivity contribution in [2.45, 2.75) is 31.4 Å². The number of thiophene rings is 1. The fraction of sp³-hybridized carbons (Fsp3) is 0.300. The Morgan fingerprint density at radius 2 is 2.17 bits per heavy atom. The molecule has 0 bridgehead atoms. The van der Waals surface area contributed by atoms with E-state index in [-0.39, 0.29) is 11.7 Å². The zero-order chi connectivity index (χ0) is 20.4. The number of amides is 1. The van der Waals surface area contributed by atoms with Crippen LogP contribution in [0.2, 0.25) is 0 Å². The van der Waals surface area contributed by atoms with Crippen LogP contribution >= 0.6 is 23.1 Å². The first-order valence-electron chi connectivity index (χ1n) is 9.11. The minimum atomic E-state index is -0.410. The summed E-state index contributed by atoms with van der Waals surface area (Å²) in [6.07, 6.45) is 2.79. The summed E-state index contributed by atoms with van der Waals surface area (Å²) in [6.45, 7) is 1.99. The molecule has 2 heterocycles. The lowest BCUT2D eigenvalue weighted by Gasteiger charge is -2.06. The second-order valence-corrected chi connectivity index (χ2v) is 8.66. The minimum Gasteiger partial charge on any atom is -0.465 e. The topological polar surface area (TPSA) is 94.3 Å². The number of carbonyl (C=O) groups is 2. The van der Waals surface area contributed by atoms with Crippen molar-refractivity contribution in [3.8, 4) is 11.5 Å². The molecule has 29 heavy (non-hydrogen) atoms. The second kappa shape index (κ2) is 8.38. The molecule has 0 radical (unpaired) electrons. The fourth-order valence-corrected chi connectivity index (χ4v) is 5.12. The maximum atomic E-state index is 12.4. The van der Waals surface area contributed by atoms with E-state index in [2.05, 4.69) is 15.5 Å². The summed E-state index contributed by atoms with van der Waals surface area (Å²) in [5.41, 5.74) is 3.43. The average molecular weight is 430 g/mol. The summed E-state index contributed by atoms with van der Waals surface area (Å²) in [5, 5.41) is 11.8. The lowest BCUT2D eigenvalue weighted by atomic mass is 10.1. The van der Waals surface area contributed by atoms with Crippen molar-refractivity contribution in [1.29, 1.82) is 0 Å². The van der Waals surface area contributed by atoms with Crippen molar-refractivity contribution in [3.05, 3.63) is 45.8 Å². The molecule has 4 rings (SSSR count). The van der Waals surface area contributed by atoms with Gasteiger partial charge in [0.2, 0.25) is 11.8 Å². The van der Waals surface area contributed by atoms with E-state index >= 15 is 0 Å². The first kappa shape index (κ1) is 19.7. The van der Waals surface area contributed by atoms with Crippen molar-refractivity contribution < 1.29 is 18.7 Å². The maximum Gasteiger partial charge on any atom is 0.341 e. The van der Waals surface area contributed by atoms with Crippen molar-refractivity contribution in [2.24, 2.45) is 0 Å². The van der Waals surface area contributed by atoms with E-state index < -0.39 is 5.97 Å². The van der Waals surface area contributed by atoms with E-state index in [0.717, 1.165) is 52.6 Å². The number of hydrogen-bond donors (Lipinski definition) is 1. The zero-order valence-corrected chi connectivity index (χ0v) is 17.6. The van der Waals surface area contributed by atoms with Gasteiger partial charge in [-0.2, -0.15) is 0 Å². The molecule has 0 unspecified atom stereocenters.